The Morgan fingerprint density at radius 1 is 1.36 bits per heavy atom. The molecule has 0 saturated heterocycles. The minimum Gasteiger partial charge on any atom is -0.404 e. The summed E-state index contributed by atoms with van der Waals surface area (Å²) in [6.45, 7) is 0. The van der Waals surface area contributed by atoms with Crippen LogP contribution < -0.4 is 5.73 Å². The normalized spacial score (nSPS) is 10.4. The van der Waals surface area contributed by atoms with Crippen molar-refractivity contribution in [2.75, 3.05) is 5.73 Å². The first kappa shape index (κ1) is 9.48. The predicted octanol–water partition coefficient (Wildman–Crippen LogP) is 2.73. The average molecular weight is 275 g/mol. The van der Waals surface area contributed by atoms with Gasteiger partial charge in [-0.1, -0.05) is 16.7 Å². The quantitative estimate of drug-likeness (QED) is 0.868. The van der Waals surface area contributed by atoms with E-state index < -0.39 is 0 Å². The summed E-state index contributed by atoms with van der Waals surface area (Å²) in [5.41, 5.74) is 6.07. The van der Waals surface area contributed by atoms with Crippen molar-refractivity contribution in [3.63, 3.8) is 0 Å². The van der Waals surface area contributed by atoms with E-state index in [9.17, 15) is 0 Å². The summed E-state index contributed by atoms with van der Waals surface area (Å²) >= 11 is 9.13. The van der Waals surface area contributed by atoms with Crippen molar-refractivity contribution in [3.05, 3.63) is 27.7 Å². The summed E-state index contributed by atoms with van der Waals surface area (Å²) in [4.78, 5) is 0. The van der Waals surface area contributed by atoms with Crippen molar-refractivity contribution in [1.29, 1.82) is 0 Å². The first-order chi connectivity index (χ1) is 6.66. The molecule has 6 heteroatoms. The largest absolute Gasteiger partial charge is 0.404 e. The lowest BCUT2D eigenvalue weighted by atomic mass is 10.2. The van der Waals surface area contributed by atoms with Crippen molar-refractivity contribution in [3.8, 4) is 11.5 Å². The molecule has 2 aromatic rings. The Morgan fingerprint density at radius 3 is 2.71 bits per heavy atom. The van der Waals surface area contributed by atoms with Crippen LogP contribution in [0, 0.1) is 0 Å². The second-order valence-corrected chi connectivity index (χ2v) is 3.84. The van der Waals surface area contributed by atoms with Crippen molar-refractivity contribution in [1.82, 2.24) is 10.2 Å². The highest BCUT2D eigenvalue weighted by Crippen LogP contribution is 2.28. The maximum atomic E-state index is 5.84. The number of benzene rings is 1. The SMILES string of the molecule is Nc1nnc(-c2ccc(Cl)c(Br)c2)o1. The van der Waals surface area contributed by atoms with E-state index in [2.05, 4.69) is 26.1 Å². The Labute approximate surface area is 93.2 Å². The molecule has 2 N–H and O–H groups in total. The molecule has 0 bridgehead atoms. The fraction of sp³-hybridized carbons (Fsp3) is 0. The number of hydrogen-bond acceptors (Lipinski definition) is 4. The van der Waals surface area contributed by atoms with E-state index in [1.165, 1.54) is 0 Å². The number of aromatic nitrogens is 2. The summed E-state index contributed by atoms with van der Waals surface area (Å²) < 4.78 is 5.83. The molecule has 1 heterocycles. The van der Waals surface area contributed by atoms with E-state index in [1.807, 2.05) is 0 Å². The molecule has 0 aliphatic carbocycles. The molecule has 72 valence electrons. The van der Waals surface area contributed by atoms with Gasteiger partial charge in [0.25, 0.3) is 0 Å². The third-order valence-electron chi connectivity index (χ3n) is 1.61. The highest BCUT2D eigenvalue weighted by atomic mass is 79.9. The van der Waals surface area contributed by atoms with Crippen molar-refractivity contribution < 1.29 is 4.42 Å². The van der Waals surface area contributed by atoms with Crippen molar-refractivity contribution in [2.24, 2.45) is 0 Å². The van der Waals surface area contributed by atoms with Gasteiger partial charge in [0.05, 0.1) is 5.02 Å². The van der Waals surface area contributed by atoms with Gasteiger partial charge in [0.1, 0.15) is 0 Å². The van der Waals surface area contributed by atoms with Crippen LogP contribution in [0.4, 0.5) is 6.01 Å². The molecule has 1 aromatic heterocycles. The number of nitrogens with zero attached hydrogens (tertiary/aromatic N) is 2. The van der Waals surface area contributed by atoms with Crippen LogP contribution in [0.15, 0.2) is 27.1 Å². The van der Waals surface area contributed by atoms with Crippen LogP contribution in [0.5, 0.6) is 0 Å². The topological polar surface area (TPSA) is 64.9 Å². The smallest absolute Gasteiger partial charge is 0.313 e. The molecule has 0 unspecified atom stereocenters. The highest BCUT2D eigenvalue weighted by Gasteiger charge is 2.07. The second kappa shape index (κ2) is 3.59. The summed E-state index contributed by atoms with van der Waals surface area (Å²) in [5, 5.41) is 7.94. The number of nitrogens with two attached hydrogens (primary N) is 1. The average Bonchev–Trinajstić information content (AvgIpc) is 2.57. The van der Waals surface area contributed by atoms with E-state index in [1.54, 1.807) is 18.2 Å². The van der Waals surface area contributed by atoms with Gasteiger partial charge in [-0.05, 0) is 34.1 Å². The van der Waals surface area contributed by atoms with Crippen molar-refractivity contribution in [2.45, 2.75) is 0 Å². The first-order valence-electron chi connectivity index (χ1n) is 3.71. The Bertz CT molecular complexity index is 471. The minimum absolute atomic E-state index is 0.0473. The number of halogens is 2. The van der Waals surface area contributed by atoms with E-state index in [4.69, 9.17) is 21.8 Å². The van der Waals surface area contributed by atoms with E-state index >= 15 is 0 Å². The van der Waals surface area contributed by atoms with Gasteiger partial charge in [0.15, 0.2) is 0 Å². The molecule has 14 heavy (non-hydrogen) atoms. The Hall–Kier alpha value is -1.07. The van der Waals surface area contributed by atoms with Crippen LogP contribution in [0.2, 0.25) is 5.02 Å². The number of rotatable bonds is 1. The molecule has 0 spiro atoms. The van der Waals surface area contributed by atoms with Crippen LogP contribution in [-0.2, 0) is 0 Å². The molecule has 0 aliphatic heterocycles. The van der Waals surface area contributed by atoms with Crippen LogP contribution in [0.3, 0.4) is 0 Å². The van der Waals surface area contributed by atoms with Crippen LogP contribution in [0.25, 0.3) is 11.5 Å². The molecule has 0 radical (unpaired) electrons. The van der Waals surface area contributed by atoms with Gasteiger partial charge in [-0.25, -0.2) is 0 Å². The monoisotopic (exact) mass is 273 g/mol. The number of anilines is 1. The number of hydrogen-bond donors (Lipinski definition) is 1. The van der Waals surface area contributed by atoms with Gasteiger partial charge in [0, 0.05) is 10.0 Å². The molecule has 0 amide bonds. The zero-order valence-electron chi connectivity index (χ0n) is 6.87. The van der Waals surface area contributed by atoms with Crippen LogP contribution in [0.1, 0.15) is 0 Å². The molecule has 1 aromatic carbocycles. The lowest BCUT2D eigenvalue weighted by Crippen LogP contribution is -1.81. The second-order valence-electron chi connectivity index (χ2n) is 2.57. The summed E-state index contributed by atoms with van der Waals surface area (Å²) in [7, 11) is 0. The van der Waals surface area contributed by atoms with Gasteiger partial charge in [-0.15, -0.1) is 5.10 Å². The van der Waals surface area contributed by atoms with Gasteiger partial charge in [-0.3, -0.25) is 0 Å². The van der Waals surface area contributed by atoms with E-state index in [0.717, 1.165) is 10.0 Å². The number of nitrogen functional groups attached to an aromatic ring is 1. The molecular formula is C8H5BrClN3O. The lowest BCUT2D eigenvalue weighted by molar-refractivity contribution is 0.590. The Balaban J connectivity index is 2.47. The van der Waals surface area contributed by atoms with E-state index in [0.29, 0.717) is 10.9 Å². The zero-order valence-corrected chi connectivity index (χ0v) is 9.21. The Morgan fingerprint density at radius 2 is 2.14 bits per heavy atom. The maximum Gasteiger partial charge on any atom is 0.313 e. The summed E-state index contributed by atoms with van der Waals surface area (Å²) in [6, 6.07) is 5.35. The third kappa shape index (κ3) is 1.73. The molecule has 0 saturated carbocycles. The van der Waals surface area contributed by atoms with Gasteiger partial charge >= 0.3 is 6.01 Å². The summed E-state index contributed by atoms with van der Waals surface area (Å²) in [6.07, 6.45) is 0. The van der Waals surface area contributed by atoms with E-state index in [-0.39, 0.29) is 6.01 Å². The standard InChI is InChI=1S/C8H5BrClN3O/c9-5-3-4(1-2-6(5)10)7-12-13-8(11)14-7/h1-3H,(H2,11,13). The highest BCUT2D eigenvalue weighted by molar-refractivity contribution is 9.10. The first-order valence-corrected chi connectivity index (χ1v) is 4.88. The maximum absolute atomic E-state index is 5.84. The fourth-order valence-electron chi connectivity index (χ4n) is 0.980. The lowest BCUT2D eigenvalue weighted by Gasteiger charge is -1.97. The summed E-state index contributed by atoms with van der Waals surface area (Å²) in [5.74, 6) is 0.375. The third-order valence-corrected chi connectivity index (χ3v) is 2.82. The predicted molar refractivity (Wildman–Crippen MR) is 56.9 cm³/mol. The molecule has 0 aliphatic rings. The molecular weight excluding hydrogens is 269 g/mol. The fourth-order valence-corrected chi connectivity index (χ4v) is 1.48. The van der Waals surface area contributed by atoms with Crippen LogP contribution >= 0.6 is 27.5 Å². The molecule has 4 nitrogen and oxygen atoms in total. The van der Waals surface area contributed by atoms with Gasteiger partial charge < -0.3 is 10.2 Å². The Kier molecular flexibility index (Phi) is 2.43. The molecule has 0 fully saturated rings. The molecule has 0 atom stereocenters. The zero-order chi connectivity index (χ0) is 10.1. The van der Waals surface area contributed by atoms with Crippen molar-refractivity contribution >= 4 is 33.5 Å². The van der Waals surface area contributed by atoms with Crippen LogP contribution in [-0.4, -0.2) is 10.2 Å². The van der Waals surface area contributed by atoms with Gasteiger partial charge in [-0.2, -0.15) is 0 Å². The van der Waals surface area contributed by atoms with Gasteiger partial charge in [0.2, 0.25) is 5.89 Å². The minimum atomic E-state index is 0.0473. The molecule has 2 rings (SSSR count).